The first-order valence-corrected chi connectivity index (χ1v) is 10.0. The summed E-state index contributed by atoms with van der Waals surface area (Å²) >= 11 is 1.27. The number of carbonyl (C=O) groups is 3. The van der Waals surface area contributed by atoms with Crippen LogP contribution in [-0.4, -0.2) is 60.2 Å². The molecule has 0 radical (unpaired) electrons. The number of carbonyl (C=O) groups excluding carboxylic acids is 3. The highest BCUT2D eigenvalue weighted by atomic mass is 32.1. The molecular formula is C20H24N4O3S. The van der Waals surface area contributed by atoms with Gasteiger partial charge in [-0.05, 0) is 29.5 Å². The second kappa shape index (κ2) is 8.99. The van der Waals surface area contributed by atoms with Gasteiger partial charge in [0.1, 0.15) is 5.00 Å². The number of benzene rings is 1. The van der Waals surface area contributed by atoms with Gasteiger partial charge in [0, 0.05) is 26.2 Å². The Bertz CT molecular complexity index is 872. The van der Waals surface area contributed by atoms with Crippen LogP contribution in [0.4, 0.5) is 5.00 Å². The van der Waals surface area contributed by atoms with Crippen LogP contribution in [-0.2, 0) is 16.0 Å². The fourth-order valence-corrected chi connectivity index (χ4v) is 4.02. The van der Waals surface area contributed by atoms with Gasteiger partial charge in [0.05, 0.1) is 18.5 Å². The molecule has 1 aliphatic heterocycles. The van der Waals surface area contributed by atoms with Crippen LogP contribution in [0.3, 0.4) is 0 Å². The van der Waals surface area contributed by atoms with Crippen molar-refractivity contribution in [1.29, 1.82) is 0 Å². The molecule has 0 atom stereocenters. The molecular weight excluding hydrogens is 376 g/mol. The first kappa shape index (κ1) is 20.0. The van der Waals surface area contributed by atoms with E-state index in [1.165, 1.54) is 11.3 Å². The molecule has 8 heteroatoms. The first-order valence-electron chi connectivity index (χ1n) is 9.16. The van der Waals surface area contributed by atoms with Gasteiger partial charge in [0.15, 0.2) is 0 Å². The van der Waals surface area contributed by atoms with Crippen LogP contribution in [0, 0.1) is 6.92 Å². The van der Waals surface area contributed by atoms with Crippen LogP contribution < -0.4 is 11.1 Å². The minimum Gasteiger partial charge on any atom is -0.366 e. The number of aryl methyl sites for hydroxylation is 1. The first-order chi connectivity index (χ1) is 13.4. The molecule has 148 valence electrons. The third-order valence-corrected chi connectivity index (χ3v) is 5.71. The summed E-state index contributed by atoms with van der Waals surface area (Å²) in [7, 11) is 0. The van der Waals surface area contributed by atoms with Crippen LogP contribution in [0.15, 0.2) is 35.7 Å². The molecule has 0 bridgehead atoms. The summed E-state index contributed by atoms with van der Waals surface area (Å²) in [6, 6.07) is 9.51. The Morgan fingerprint density at radius 1 is 1.11 bits per heavy atom. The molecule has 3 rings (SSSR count). The zero-order valence-corrected chi connectivity index (χ0v) is 16.6. The van der Waals surface area contributed by atoms with Crippen LogP contribution in [0.2, 0.25) is 0 Å². The van der Waals surface area contributed by atoms with E-state index in [0.29, 0.717) is 43.2 Å². The molecule has 3 amide bonds. The van der Waals surface area contributed by atoms with Gasteiger partial charge in [-0.15, -0.1) is 11.3 Å². The maximum atomic E-state index is 12.5. The number of thiophene rings is 1. The lowest BCUT2D eigenvalue weighted by atomic mass is 10.1. The lowest BCUT2D eigenvalue weighted by Gasteiger charge is -2.34. The number of hydrogen-bond donors (Lipinski definition) is 2. The number of primary amides is 1. The van der Waals surface area contributed by atoms with Crippen molar-refractivity contribution in [3.8, 4) is 0 Å². The second-order valence-electron chi connectivity index (χ2n) is 6.84. The number of amides is 3. The second-order valence-corrected chi connectivity index (χ2v) is 7.75. The highest BCUT2D eigenvalue weighted by molar-refractivity contribution is 7.14. The minimum atomic E-state index is -0.558. The van der Waals surface area contributed by atoms with E-state index in [1.807, 2.05) is 41.0 Å². The predicted molar refractivity (Wildman–Crippen MR) is 109 cm³/mol. The standard InChI is InChI=1S/C20H24N4O3S/c1-14-4-2-3-5-15(14)12-18(26)24-9-7-23(8-10-24)13-17(25)22-20-16(19(21)27)6-11-28-20/h2-6,11H,7-10,12-13H2,1H3,(H2,21,27)(H,22,25). The predicted octanol–water partition coefficient (Wildman–Crippen LogP) is 1.48. The van der Waals surface area contributed by atoms with E-state index in [1.54, 1.807) is 11.4 Å². The highest BCUT2D eigenvalue weighted by Crippen LogP contribution is 2.22. The number of piperazine rings is 1. The zero-order chi connectivity index (χ0) is 20.1. The van der Waals surface area contributed by atoms with Gasteiger partial charge in [0.25, 0.3) is 5.91 Å². The quantitative estimate of drug-likeness (QED) is 0.768. The largest absolute Gasteiger partial charge is 0.366 e. The fraction of sp³-hybridized carbons (Fsp3) is 0.350. The molecule has 1 aromatic carbocycles. The van der Waals surface area contributed by atoms with Crippen molar-refractivity contribution in [2.24, 2.45) is 5.73 Å². The van der Waals surface area contributed by atoms with E-state index >= 15 is 0 Å². The van der Waals surface area contributed by atoms with Crippen molar-refractivity contribution in [1.82, 2.24) is 9.80 Å². The number of nitrogens with zero attached hydrogens (tertiary/aromatic N) is 2. The van der Waals surface area contributed by atoms with E-state index < -0.39 is 5.91 Å². The molecule has 2 aromatic rings. The molecule has 2 heterocycles. The van der Waals surface area contributed by atoms with E-state index in [9.17, 15) is 14.4 Å². The lowest BCUT2D eigenvalue weighted by molar-refractivity contribution is -0.132. The number of nitrogens with one attached hydrogen (secondary N) is 1. The van der Waals surface area contributed by atoms with Crippen molar-refractivity contribution >= 4 is 34.1 Å². The lowest BCUT2D eigenvalue weighted by Crippen LogP contribution is -2.50. The summed E-state index contributed by atoms with van der Waals surface area (Å²) in [6.07, 6.45) is 0.404. The van der Waals surface area contributed by atoms with Gasteiger partial charge in [-0.3, -0.25) is 19.3 Å². The molecule has 0 spiro atoms. The Kier molecular flexibility index (Phi) is 6.43. The summed E-state index contributed by atoms with van der Waals surface area (Å²) in [5.41, 5.74) is 7.79. The van der Waals surface area contributed by atoms with Gasteiger partial charge in [-0.25, -0.2) is 0 Å². The summed E-state index contributed by atoms with van der Waals surface area (Å²) in [6.45, 7) is 4.71. The zero-order valence-electron chi connectivity index (χ0n) is 15.8. The average molecular weight is 401 g/mol. The SMILES string of the molecule is Cc1ccccc1CC(=O)N1CCN(CC(=O)Nc2sccc2C(N)=O)CC1. The molecule has 0 saturated carbocycles. The van der Waals surface area contributed by atoms with Crippen LogP contribution >= 0.6 is 11.3 Å². The van der Waals surface area contributed by atoms with E-state index in [4.69, 9.17) is 5.73 Å². The summed E-state index contributed by atoms with van der Waals surface area (Å²) in [5.74, 6) is -0.634. The number of nitrogens with two attached hydrogens (primary N) is 1. The fourth-order valence-electron chi connectivity index (χ4n) is 3.21. The van der Waals surface area contributed by atoms with Crippen molar-refractivity contribution in [2.45, 2.75) is 13.3 Å². The monoisotopic (exact) mass is 400 g/mol. The Morgan fingerprint density at radius 2 is 1.82 bits per heavy atom. The molecule has 0 aliphatic carbocycles. The van der Waals surface area contributed by atoms with Crippen molar-refractivity contribution in [2.75, 3.05) is 38.0 Å². The Hall–Kier alpha value is -2.71. The normalized spacial score (nSPS) is 14.7. The topological polar surface area (TPSA) is 95.7 Å². The maximum Gasteiger partial charge on any atom is 0.251 e. The maximum absolute atomic E-state index is 12.5. The third kappa shape index (κ3) is 4.96. The van der Waals surface area contributed by atoms with E-state index in [-0.39, 0.29) is 18.4 Å². The van der Waals surface area contributed by atoms with Crippen molar-refractivity contribution in [3.63, 3.8) is 0 Å². The summed E-state index contributed by atoms with van der Waals surface area (Å²) < 4.78 is 0. The van der Waals surface area contributed by atoms with Gasteiger partial charge in [-0.2, -0.15) is 0 Å². The summed E-state index contributed by atoms with van der Waals surface area (Å²) in [4.78, 5) is 40.0. The van der Waals surface area contributed by atoms with Gasteiger partial charge >= 0.3 is 0 Å². The van der Waals surface area contributed by atoms with Gasteiger partial charge in [0.2, 0.25) is 11.8 Å². The van der Waals surface area contributed by atoms with Crippen LogP contribution in [0.1, 0.15) is 21.5 Å². The Morgan fingerprint density at radius 3 is 2.50 bits per heavy atom. The molecule has 0 unspecified atom stereocenters. The van der Waals surface area contributed by atoms with E-state index in [0.717, 1.165) is 11.1 Å². The molecule has 1 saturated heterocycles. The number of rotatable bonds is 6. The van der Waals surface area contributed by atoms with Gasteiger partial charge in [-0.1, -0.05) is 24.3 Å². The molecule has 1 aromatic heterocycles. The number of anilines is 1. The molecule has 1 aliphatic rings. The van der Waals surface area contributed by atoms with Crippen LogP contribution in [0.25, 0.3) is 0 Å². The van der Waals surface area contributed by atoms with Crippen molar-refractivity contribution < 1.29 is 14.4 Å². The smallest absolute Gasteiger partial charge is 0.251 e. The Balaban J connectivity index is 1.46. The van der Waals surface area contributed by atoms with E-state index in [2.05, 4.69) is 5.32 Å². The Labute approximate surface area is 168 Å². The third-order valence-electron chi connectivity index (χ3n) is 4.88. The highest BCUT2D eigenvalue weighted by Gasteiger charge is 2.23. The average Bonchev–Trinajstić information content (AvgIpc) is 3.12. The molecule has 28 heavy (non-hydrogen) atoms. The molecule has 3 N–H and O–H groups in total. The molecule has 7 nitrogen and oxygen atoms in total. The van der Waals surface area contributed by atoms with Crippen LogP contribution in [0.5, 0.6) is 0 Å². The number of hydrogen-bond acceptors (Lipinski definition) is 5. The molecule has 1 fully saturated rings. The van der Waals surface area contributed by atoms with Gasteiger partial charge < -0.3 is 16.0 Å². The minimum absolute atomic E-state index is 0.114. The summed E-state index contributed by atoms with van der Waals surface area (Å²) in [5, 5.41) is 4.94. The van der Waals surface area contributed by atoms with Crippen molar-refractivity contribution in [3.05, 3.63) is 52.4 Å².